The minimum Gasteiger partial charge on any atom is -0.351 e. The third kappa shape index (κ3) is 4.89. The normalized spacial score (nSPS) is 15.2. The molecule has 3 heteroatoms. The molecule has 0 spiro atoms. The van der Waals surface area contributed by atoms with E-state index in [0.717, 1.165) is 6.42 Å². The second-order valence-electron chi connectivity index (χ2n) is 2.54. The van der Waals surface area contributed by atoms with Crippen LogP contribution in [0.5, 0.6) is 0 Å². The van der Waals surface area contributed by atoms with Crippen LogP contribution in [-0.4, -0.2) is 6.10 Å². The highest BCUT2D eigenvalue weighted by molar-refractivity contribution is 8.00. The quantitative estimate of drug-likeness (QED) is 0.378. The average Bonchev–Trinajstić information content (AvgIpc) is 2.10. The number of hydrogen-bond donors (Lipinski definition) is 0. The lowest BCUT2D eigenvalue weighted by atomic mass is 10.0. The second kappa shape index (κ2) is 7.75. The fraction of sp³-hybridized carbons (Fsp3) is 0.556. The van der Waals surface area contributed by atoms with Crippen LogP contribution >= 0.6 is 17.4 Å². The van der Waals surface area contributed by atoms with Gasteiger partial charge in [0.15, 0.2) is 0 Å². The van der Waals surface area contributed by atoms with E-state index in [2.05, 4.69) is 34.3 Å². The molecule has 0 aromatic rings. The maximum atomic E-state index is 5.45. The Bertz CT molecular complexity index is 181. The van der Waals surface area contributed by atoms with Gasteiger partial charge in [-0.2, -0.15) is 0 Å². The van der Waals surface area contributed by atoms with Gasteiger partial charge in [0, 0.05) is 14.9 Å². The van der Waals surface area contributed by atoms with Crippen molar-refractivity contribution in [2.45, 2.75) is 26.4 Å². The maximum Gasteiger partial charge on any atom is 0.0831 e. The summed E-state index contributed by atoms with van der Waals surface area (Å²) in [5.41, 5.74) is 0. The fourth-order valence-corrected chi connectivity index (χ4v) is 1.81. The Hall–Kier alpha value is 0.120. The summed E-state index contributed by atoms with van der Waals surface area (Å²) < 4.78 is 5.45. The van der Waals surface area contributed by atoms with E-state index in [1.165, 1.54) is 0 Å². The van der Waals surface area contributed by atoms with Gasteiger partial charge in [-0.3, -0.25) is 0 Å². The van der Waals surface area contributed by atoms with E-state index in [1.54, 1.807) is 0 Å². The molecule has 0 aromatic heterocycles. The fourth-order valence-electron chi connectivity index (χ4n) is 0.854. The summed E-state index contributed by atoms with van der Waals surface area (Å²) in [4.78, 5) is 0. The zero-order chi connectivity index (χ0) is 9.40. The molecule has 0 saturated carbocycles. The van der Waals surface area contributed by atoms with Crippen molar-refractivity contribution < 1.29 is 4.52 Å². The van der Waals surface area contributed by atoms with E-state index < -0.39 is 0 Å². The summed E-state index contributed by atoms with van der Waals surface area (Å²) in [7, 11) is 3.01. The average molecular weight is 202 g/mol. The molecule has 2 unspecified atom stereocenters. The lowest BCUT2D eigenvalue weighted by Gasteiger charge is -2.17. The summed E-state index contributed by atoms with van der Waals surface area (Å²) in [6, 6.07) is 0. The van der Waals surface area contributed by atoms with Crippen molar-refractivity contribution in [1.82, 2.24) is 0 Å². The van der Waals surface area contributed by atoms with E-state index in [1.807, 2.05) is 13.0 Å². The van der Waals surface area contributed by atoms with Crippen LogP contribution in [0.3, 0.4) is 0 Å². The SMILES string of the molecule is C=C[C@@H](OPP)[C@@H](C)CC#CC. The van der Waals surface area contributed by atoms with Crippen LogP contribution in [-0.2, 0) is 4.52 Å². The Kier molecular flexibility index (Phi) is 7.83. The predicted molar refractivity (Wildman–Crippen MR) is 60.3 cm³/mol. The van der Waals surface area contributed by atoms with E-state index in [-0.39, 0.29) is 6.10 Å². The van der Waals surface area contributed by atoms with E-state index in [0.29, 0.717) is 14.4 Å². The van der Waals surface area contributed by atoms with Crippen molar-refractivity contribution >= 4 is 17.4 Å². The molecule has 0 heterocycles. The van der Waals surface area contributed by atoms with E-state index in [9.17, 15) is 0 Å². The van der Waals surface area contributed by atoms with E-state index >= 15 is 0 Å². The van der Waals surface area contributed by atoms with Crippen LogP contribution < -0.4 is 0 Å². The van der Waals surface area contributed by atoms with E-state index in [4.69, 9.17) is 4.52 Å². The number of hydrogen-bond acceptors (Lipinski definition) is 1. The molecule has 0 aliphatic rings. The molecule has 0 amide bonds. The summed E-state index contributed by atoms with van der Waals surface area (Å²) >= 11 is 0. The molecule has 0 aromatic carbocycles. The molecule has 12 heavy (non-hydrogen) atoms. The minimum absolute atomic E-state index is 0.140. The van der Waals surface area contributed by atoms with Gasteiger partial charge in [0.1, 0.15) is 0 Å². The molecule has 0 rings (SSSR count). The van der Waals surface area contributed by atoms with Crippen molar-refractivity contribution in [1.29, 1.82) is 0 Å². The van der Waals surface area contributed by atoms with Crippen molar-refractivity contribution in [2.75, 3.05) is 0 Å². The van der Waals surface area contributed by atoms with Crippen molar-refractivity contribution in [3.05, 3.63) is 12.7 Å². The molecule has 0 radical (unpaired) electrons. The van der Waals surface area contributed by atoms with Crippen LogP contribution in [0.2, 0.25) is 0 Å². The van der Waals surface area contributed by atoms with Gasteiger partial charge in [0.25, 0.3) is 0 Å². The van der Waals surface area contributed by atoms with Gasteiger partial charge in [-0.25, -0.2) is 0 Å². The summed E-state index contributed by atoms with van der Waals surface area (Å²) in [6.45, 7) is 7.71. The van der Waals surface area contributed by atoms with Crippen molar-refractivity contribution in [3.63, 3.8) is 0 Å². The van der Waals surface area contributed by atoms with Crippen molar-refractivity contribution in [2.24, 2.45) is 5.92 Å². The largest absolute Gasteiger partial charge is 0.351 e. The van der Waals surface area contributed by atoms with Gasteiger partial charge in [-0.15, -0.1) is 18.4 Å². The first-order valence-electron chi connectivity index (χ1n) is 3.89. The highest BCUT2D eigenvalue weighted by Crippen LogP contribution is 2.27. The third-order valence-corrected chi connectivity index (χ3v) is 2.41. The monoisotopic (exact) mass is 202 g/mol. The molecule has 1 nitrogen and oxygen atoms in total. The molecule has 0 aliphatic carbocycles. The maximum absolute atomic E-state index is 5.45. The van der Waals surface area contributed by atoms with Gasteiger partial charge >= 0.3 is 0 Å². The summed E-state index contributed by atoms with van der Waals surface area (Å²) in [5.74, 6) is 6.35. The summed E-state index contributed by atoms with van der Waals surface area (Å²) in [6.07, 6.45) is 2.86. The van der Waals surface area contributed by atoms with Crippen LogP contribution in [0.25, 0.3) is 0 Å². The van der Waals surface area contributed by atoms with Gasteiger partial charge < -0.3 is 4.52 Å². The van der Waals surface area contributed by atoms with Crippen LogP contribution in [0.1, 0.15) is 20.3 Å². The molecule has 0 N–H and O–H groups in total. The Morgan fingerprint density at radius 1 is 1.75 bits per heavy atom. The molecular weight excluding hydrogens is 186 g/mol. The Morgan fingerprint density at radius 3 is 2.83 bits per heavy atom. The molecule has 68 valence electrons. The lowest BCUT2D eigenvalue weighted by Crippen LogP contribution is -2.14. The van der Waals surface area contributed by atoms with Crippen LogP contribution in [0.15, 0.2) is 12.7 Å². The zero-order valence-electron chi connectivity index (χ0n) is 7.63. The Morgan fingerprint density at radius 2 is 2.42 bits per heavy atom. The molecule has 0 bridgehead atoms. The van der Waals surface area contributed by atoms with Gasteiger partial charge in [0.2, 0.25) is 0 Å². The predicted octanol–water partition coefficient (Wildman–Crippen LogP) is 2.99. The zero-order valence-corrected chi connectivity index (χ0v) is 9.79. The number of rotatable bonds is 5. The lowest BCUT2D eigenvalue weighted by molar-refractivity contribution is 0.222. The first kappa shape index (κ1) is 12.1. The smallest absolute Gasteiger partial charge is 0.0831 e. The third-order valence-electron chi connectivity index (χ3n) is 1.60. The van der Waals surface area contributed by atoms with Crippen molar-refractivity contribution in [3.8, 4) is 11.8 Å². The van der Waals surface area contributed by atoms with Crippen LogP contribution in [0, 0.1) is 17.8 Å². The second-order valence-corrected chi connectivity index (χ2v) is 3.72. The highest BCUT2D eigenvalue weighted by Gasteiger charge is 2.12. The summed E-state index contributed by atoms with van der Waals surface area (Å²) in [5, 5.41) is 0. The van der Waals surface area contributed by atoms with Crippen LogP contribution in [0.4, 0.5) is 0 Å². The minimum atomic E-state index is 0.140. The molecule has 0 fully saturated rings. The van der Waals surface area contributed by atoms with Gasteiger partial charge in [0.05, 0.1) is 6.10 Å². The van der Waals surface area contributed by atoms with Gasteiger partial charge in [-0.1, -0.05) is 21.9 Å². The topological polar surface area (TPSA) is 9.23 Å². The first-order valence-corrected chi connectivity index (χ1v) is 6.61. The standard InChI is InChI=1S/C9H16OP2/c1-4-6-7-8(3)9(5-2)10-12-11/h5,8-9,12H,2,7,11H2,1,3H3/t8-,9+/m0/s1. The molecule has 0 saturated heterocycles. The Balaban J connectivity index is 3.89. The van der Waals surface area contributed by atoms with Gasteiger partial charge in [-0.05, 0) is 12.8 Å². The first-order chi connectivity index (χ1) is 5.76. The Labute approximate surface area is 79.3 Å². The molecular formula is C9H16OP2. The molecule has 0 aliphatic heterocycles. The molecule has 4 atom stereocenters. The highest BCUT2D eigenvalue weighted by atomic mass is 32.0.